The first-order valence-electron chi connectivity index (χ1n) is 7.34. The van der Waals surface area contributed by atoms with Gasteiger partial charge < -0.3 is 10.0 Å². The lowest BCUT2D eigenvalue weighted by Crippen LogP contribution is -2.24. The second-order valence-corrected chi connectivity index (χ2v) is 5.82. The van der Waals surface area contributed by atoms with Crippen molar-refractivity contribution in [1.82, 2.24) is 0 Å². The molecule has 110 valence electrons. The number of aliphatic hydroxyl groups is 1. The predicted octanol–water partition coefficient (Wildman–Crippen LogP) is 3.60. The summed E-state index contributed by atoms with van der Waals surface area (Å²) in [6, 6.07) is 10.6. The first-order valence-corrected chi connectivity index (χ1v) is 7.34. The fourth-order valence-corrected chi connectivity index (χ4v) is 3.06. The van der Waals surface area contributed by atoms with E-state index in [1.807, 2.05) is 13.0 Å². The SMILES string of the molecule is Cc1ccc(F)cc1C(O)c1ccc2c(c1)CCCN2C. The molecule has 3 rings (SSSR count). The van der Waals surface area contributed by atoms with Gasteiger partial charge in [0.2, 0.25) is 0 Å². The molecule has 1 aliphatic rings. The van der Waals surface area contributed by atoms with Crippen molar-refractivity contribution in [3.63, 3.8) is 0 Å². The zero-order valence-electron chi connectivity index (χ0n) is 12.4. The van der Waals surface area contributed by atoms with Crippen LogP contribution in [0.15, 0.2) is 36.4 Å². The van der Waals surface area contributed by atoms with Crippen LogP contribution in [0.25, 0.3) is 0 Å². The summed E-state index contributed by atoms with van der Waals surface area (Å²) in [5, 5.41) is 10.6. The zero-order chi connectivity index (χ0) is 15.0. The highest BCUT2D eigenvalue weighted by Crippen LogP contribution is 2.32. The number of hydrogen-bond acceptors (Lipinski definition) is 2. The number of rotatable bonds is 2. The van der Waals surface area contributed by atoms with E-state index in [9.17, 15) is 9.50 Å². The molecule has 21 heavy (non-hydrogen) atoms. The molecule has 0 spiro atoms. The lowest BCUT2D eigenvalue weighted by atomic mass is 9.93. The number of aryl methyl sites for hydroxylation is 2. The van der Waals surface area contributed by atoms with Gasteiger partial charge in [0.05, 0.1) is 0 Å². The van der Waals surface area contributed by atoms with Crippen LogP contribution in [0, 0.1) is 12.7 Å². The predicted molar refractivity (Wildman–Crippen MR) is 83.2 cm³/mol. The summed E-state index contributed by atoms with van der Waals surface area (Å²) >= 11 is 0. The number of halogens is 1. The Kier molecular flexibility index (Phi) is 3.68. The van der Waals surface area contributed by atoms with Gasteiger partial charge in [-0.05, 0) is 60.2 Å². The van der Waals surface area contributed by atoms with Crippen LogP contribution in [-0.2, 0) is 6.42 Å². The molecule has 0 radical (unpaired) electrons. The van der Waals surface area contributed by atoms with Crippen LogP contribution in [-0.4, -0.2) is 18.7 Å². The van der Waals surface area contributed by atoms with Gasteiger partial charge in [0.1, 0.15) is 11.9 Å². The van der Waals surface area contributed by atoms with Crippen molar-refractivity contribution in [2.24, 2.45) is 0 Å². The molecule has 3 heteroatoms. The van der Waals surface area contributed by atoms with E-state index in [4.69, 9.17) is 0 Å². The fraction of sp³-hybridized carbons (Fsp3) is 0.333. The summed E-state index contributed by atoms with van der Waals surface area (Å²) in [5.41, 5.74) is 4.86. The highest BCUT2D eigenvalue weighted by Gasteiger charge is 2.18. The normalized spacial score (nSPS) is 15.7. The Bertz CT molecular complexity index is 668. The highest BCUT2D eigenvalue weighted by molar-refractivity contribution is 5.57. The van der Waals surface area contributed by atoms with Gasteiger partial charge in [-0.15, -0.1) is 0 Å². The molecule has 0 saturated carbocycles. The average Bonchev–Trinajstić information content (AvgIpc) is 2.49. The van der Waals surface area contributed by atoms with Gasteiger partial charge in [-0.25, -0.2) is 4.39 Å². The van der Waals surface area contributed by atoms with Crippen molar-refractivity contribution < 1.29 is 9.50 Å². The molecular formula is C18H20FNO. The van der Waals surface area contributed by atoms with Crippen LogP contribution >= 0.6 is 0 Å². The zero-order valence-corrected chi connectivity index (χ0v) is 12.4. The maximum Gasteiger partial charge on any atom is 0.123 e. The van der Waals surface area contributed by atoms with Crippen molar-refractivity contribution in [1.29, 1.82) is 0 Å². The van der Waals surface area contributed by atoms with Crippen LogP contribution in [0.3, 0.4) is 0 Å². The largest absolute Gasteiger partial charge is 0.384 e. The minimum Gasteiger partial charge on any atom is -0.384 e. The third-order valence-electron chi connectivity index (χ3n) is 4.31. The maximum atomic E-state index is 13.4. The quantitative estimate of drug-likeness (QED) is 0.911. The molecule has 2 nitrogen and oxygen atoms in total. The number of benzene rings is 2. The van der Waals surface area contributed by atoms with E-state index in [-0.39, 0.29) is 5.82 Å². The Balaban J connectivity index is 1.98. The van der Waals surface area contributed by atoms with Crippen LogP contribution in [0.1, 0.15) is 34.8 Å². The molecule has 1 heterocycles. The number of hydrogen-bond donors (Lipinski definition) is 1. The number of nitrogens with zero attached hydrogens (tertiary/aromatic N) is 1. The standard InChI is InChI=1S/C18H20FNO/c1-12-5-7-15(19)11-16(12)18(21)14-6-8-17-13(10-14)4-3-9-20(17)2/h5-8,10-11,18,21H,3-4,9H2,1-2H3. The van der Waals surface area contributed by atoms with E-state index in [2.05, 4.69) is 24.1 Å². The van der Waals surface area contributed by atoms with Crippen LogP contribution < -0.4 is 4.90 Å². The lowest BCUT2D eigenvalue weighted by molar-refractivity contribution is 0.219. The number of anilines is 1. The molecule has 2 aromatic rings. The molecule has 1 aliphatic heterocycles. The van der Waals surface area contributed by atoms with Crippen molar-refractivity contribution in [2.75, 3.05) is 18.5 Å². The van der Waals surface area contributed by atoms with Crippen molar-refractivity contribution >= 4 is 5.69 Å². The topological polar surface area (TPSA) is 23.5 Å². The Labute approximate surface area is 124 Å². The second-order valence-electron chi connectivity index (χ2n) is 5.82. The van der Waals surface area contributed by atoms with Crippen molar-refractivity contribution in [3.8, 4) is 0 Å². The summed E-state index contributed by atoms with van der Waals surface area (Å²) in [6.07, 6.45) is 1.38. The third-order valence-corrected chi connectivity index (χ3v) is 4.31. The number of fused-ring (bicyclic) bond motifs is 1. The first kappa shape index (κ1) is 14.1. The maximum absolute atomic E-state index is 13.4. The summed E-state index contributed by atoms with van der Waals surface area (Å²) in [7, 11) is 2.09. The first-order chi connectivity index (χ1) is 10.1. The Morgan fingerprint density at radius 3 is 2.81 bits per heavy atom. The van der Waals surface area contributed by atoms with Gasteiger partial charge in [0.25, 0.3) is 0 Å². The molecule has 1 atom stereocenters. The van der Waals surface area contributed by atoms with Gasteiger partial charge in [0, 0.05) is 19.3 Å². The molecule has 0 aliphatic carbocycles. The van der Waals surface area contributed by atoms with Crippen molar-refractivity contribution in [3.05, 3.63) is 64.5 Å². The minimum absolute atomic E-state index is 0.313. The smallest absolute Gasteiger partial charge is 0.123 e. The van der Waals surface area contributed by atoms with E-state index in [1.165, 1.54) is 23.4 Å². The Hall–Kier alpha value is -1.87. The molecule has 2 aromatic carbocycles. The molecule has 1 unspecified atom stereocenters. The monoisotopic (exact) mass is 285 g/mol. The van der Waals surface area contributed by atoms with E-state index < -0.39 is 6.10 Å². The van der Waals surface area contributed by atoms with E-state index in [1.54, 1.807) is 6.07 Å². The van der Waals surface area contributed by atoms with E-state index >= 15 is 0 Å². The number of aliphatic hydroxyl groups excluding tert-OH is 1. The minimum atomic E-state index is -0.779. The van der Waals surface area contributed by atoms with Crippen molar-refractivity contribution in [2.45, 2.75) is 25.9 Å². The molecule has 1 N–H and O–H groups in total. The fourth-order valence-electron chi connectivity index (χ4n) is 3.06. The van der Waals surface area contributed by atoms with Gasteiger partial charge in [-0.2, -0.15) is 0 Å². The van der Waals surface area contributed by atoms with Crippen LogP contribution in [0.2, 0.25) is 0 Å². The third kappa shape index (κ3) is 2.66. The summed E-state index contributed by atoms with van der Waals surface area (Å²) in [6.45, 7) is 2.96. The van der Waals surface area contributed by atoms with Gasteiger partial charge in [-0.1, -0.05) is 18.2 Å². The Morgan fingerprint density at radius 1 is 1.19 bits per heavy atom. The molecular weight excluding hydrogens is 265 g/mol. The van der Waals surface area contributed by atoms with E-state index in [0.29, 0.717) is 5.56 Å². The molecule has 0 bridgehead atoms. The lowest BCUT2D eigenvalue weighted by Gasteiger charge is -2.28. The molecule has 0 amide bonds. The van der Waals surface area contributed by atoms with Gasteiger partial charge in [-0.3, -0.25) is 0 Å². The average molecular weight is 285 g/mol. The summed E-state index contributed by atoms with van der Waals surface area (Å²) in [4.78, 5) is 2.24. The molecule has 0 saturated heterocycles. The van der Waals surface area contributed by atoms with Crippen LogP contribution in [0.5, 0.6) is 0 Å². The van der Waals surface area contributed by atoms with Gasteiger partial charge >= 0.3 is 0 Å². The van der Waals surface area contributed by atoms with E-state index in [0.717, 1.165) is 30.5 Å². The molecule has 0 aromatic heterocycles. The van der Waals surface area contributed by atoms with Crippen LogP contribution in [0.4, 0.5) is 10.1 Å². The molecule has 0 fully saturated rings. The second kappa shape index (κ2) is 5.49. The van der Waals surface area contributed by atoms with Gasteiger partial charge in [0.15, 0.2) is 0 Å². The Morgan fingerprint density at radius 2 is 2.00 bits per heavy atom. The highest BCUT2D eigenvalue weighted by atomic mass is 19.1. The summed E-state index contributed by atoms with van der Waals surface area (Å²) < 4.78 is 13.4. The summed E-state index contributed by atoms with van der Waals surface area (Å²) in [5.74, 6) is -0.313.